The molecule has 0 rings (SSSR count). The maximum atomic E-state index is 8.25. The molecule has 0 aromatic carbocycles. The minimum atomic E-state index is -1.75. The fourth-order valence-corrected chi connectivity index (χ4v) is 0. The van der Waals surface area contributed by atoms with Gasteiger partial charge in [-0.15, -0.1) is 0 Å². The first-order chi connectivity index (χ1) is 1.73. The zero-order chi connectivity index (χ0) is 3.58. The summed E-state index contributed by atoms with van der Waals surface area (Å²) in [4.78, 5) is 8.25. The summed E-state index contributed by atoms with van der Waals surface area (Å²) in [7, 11) is 0. The predicted molar refractivity (Wildman–Crippen MR) is 16.3 cm³/mol. The Labute approximate surface area is 53.2 Å². The number of hydrogen-bond donors (Lipinski definition) is 1. The van der Waals surface area contributed by atoms with Crippen LogP contribution in [0.3, 0.4) is 0 Å². The van der Waals surface area contributed by atoms with Gasteiger partial charge in [0.2, 0.25) is 0 Å². The second-order valence-electron chi connectivity index (χ2n) is 0.224. The van der Waals surface area contributed by atoms with E-state index in [1.807, 2.05) is 0 Å². The van der Waals surface area contributed by atoms with Gasteiger partial charge < -0.3 is 21.5 Å². The maximum Gasteiger partial charge on any atom is 0.0689 e. The summed E-state index contributed by atoms with van der Waals surface area (Å²) in [6.07, 6.45) is 0. The first-order valence-corrected chi connectivity index (χ1v) is 0.548. The van der Waals surface area contributed by atoms with Crippen molar-refractivity contribution in [2.45, 2.75) is 0 Å². The van der Waals surface area contributed by atoms with Crippen molar-refractivity contribution >= 4 is 0 Å². The molecule has 0 heterocycles. The van der Waals surface area contributed by atoms with E-state index in [4.69, 9.17) is 15.3 Å². The average molecular weight is 171 g/mol. The van der Waals surface area contributed by atoms with E-state index in [0.29, 0.717) is 0 Å². The molecule has 0 unspecified atom stereocenters. The molecule has 0 bridgehead atoms. The molecule has 6 heteroatoms. The molecular weight excluding hydrogens is 167 g/mol. The van der Waals surface area contributed by atoms with E-state index in [-0.39, 0.29) is 32.4 Å². The van der Waals surface area contributed by atoms with Crippen molar-refractivity contribution < 1.29 is 31.3 Å². The SMILES string of the molecule is O=[N+]([O-])[O-].[NH4+].[Zr]. The molecule has 0 fully saturated rings. The van der Waals surface area contributed by atoms with Crippen molar-refractivity contribution in [3.05, 3.63) is 15.3 Å². The van der Waals surface area contributed by atoms with Gasteiger partial charge in [0, 0.05) is 26.2 Å². The minimum absolute atomic E-state index is 0. The van der Waals surface area contributed by atoms with Gasteiger partial charge in [-0.1, -0.05) is 0 Å². The Morgan fingerprint density at radius 2 is 1.33 bits per heavy atom. The van der Waals surface area contributed by atoms with Gasteiger partial charge in [0.05, 0.1) is 5.09 Å². The van der Waals surface area contributed by atoms with Gasteiger partial charge in [-0.25, -0.2) is 0 Å². The molecule has 0 aromatic heterocycles. The topological polar surface area (TPSA) is 103 Å². The van der Waals surface area contributed by atoms with E-state index in [1.165, 1.54) is 0 Å². The van der Waals surface area contributed by atoms with Crippen LogP contribution in [-0.4, -0.2) is 5.09 Å². The Morgan fingerprint density at radius 3 is 1.33 bits per heavy atom. The third kappa shape index (κ3) is 20100. The van der Waals surface area contributed by atoms with Crippen LogP contribution in [0.15, 0.2) is 0 Å². The van der Waals surface area contributed by atoms with Crippen LogP contribution in [-0.2, 0) is 26.2 Å². The van der Waals surface area contributed by atoms with Crippen molar-refractivity contribution in [3.8, 4) is 0 Å². The summed E-state index contributed by atoms with van der Waals surface area (Å²) < 4.78 is 0. The van der Waals surface area contributed by atoms with Gasteiger partial charge in [0.15, 0.2) is 0 Å². The molecule has 4 N–H and O–H groups in total. The quantitative estimate of drug-likeness (QED) is 0.414. The van der Waals surface area contributed by atoms with Crippen LogP contribution >= 0.6 is 0 Å². The third-order valence-corrected chi connectivity index (χ3v) is 0. The fraction of sp³-hybridized carbons (Fsp3) is 0. The van der Waals surface area contributed by atoms with E-state index >= 15 is 0 Å². The molecule has 6 heavy (non-hydrogen) atoms. The summed E-state index contributed by atoms with van der Waals surface area (Å²) >= 11 is 0. The molecule has 0 aromatic rings. The van der Waals surface area contributed by atoms with E-state index < -0.39 is 5.09 Å². The summed E-state index contributed by atoms with van der Waals surface area (Å²) in [6.45, 7) is 0. The zero-order valence-electron chi connectivity index (χ0n) is 3.17. The smallest absolute Gasteiger partial charge is 0.0689 e. The van der Waals surface area contributed by atoms with E-state index in [0.717, 1.165) is 0 Å². The molecule has 0 spiro atoms. The van der Waals surface area contributed by atoms with E-state index in [9.17, 15) is 0 Å². The molecule has 0 saturated heterocycles. The van der Waals surface area contributed by atoms with Crippen LogP contribution in [0, 0.1) is 15.3 Å². The van der Waals surface area contributed by atoms with Gasteiger partial charge in [-0.2, -0.15) is 0 Å². The standard InChI is InChI=1S/NO3.H3N.Zr/c2-1(3)4;;/h;1H3;/q-1;;/p+1. The molecule has 0 radical (unpaired) electrons. The maximum absolute atomic E-state index is 8.25. The fourth-order valence-electron chi connectivity index (χ4n) is 0. The normalized spacial score (nSPS) is 4.00. The predicted octanol–water partition coefficient (Wildman–Crippen LogP) is 0.135. The molecule has 0 saturated carbocycles. The van der Waals surface area contributed by atoms with E-state index in [2.05, 4.69) is 0 Å². The van der Waals surface area contributed by atoms with Gasteiger partial charge in [-0.3, -0.25) is 0 Å². The van der Waals surface area contributed by atoms with Crippen molar-refractivity contribution in [1.82, 2.24) is 6.15 Å². The summed E-state index contributed by atoms with van der Waals surface area (Å²) in [5, 5.41) is 14.8. The Bertz CT molecular complexity index is 31.8. The largest absolute Gasteiger partial charge is 0.369 e. The van der Waals surface area contributed by atoms with Crippen molar-refractivity contribution in [2.75, 3.05) is 0 Å². The molecule has 0 aliphatic carbocycles. The zero-order valence-corrected chi connectivity index (χ0v) is 5.63. The van der Waals surface area contributed by atoms with Crippen LogP contribution in [0.2, 0.25) is 0 Å². The van der Waals surface area contributed by atoms with Crippen molar-refractivity contribution in [3.63, 3.8) is 0 Å². The second kappa shape index (κ2) is 8.90. The minimum Gasteiger partial charge on any atom is -0.369 e. The molecule has 0 amide bonds. The van der Waals surface area contributed by atoms with Crippen LogP contribution < -0.4 is 6.15 Å². The third-order valence-electron chi connectivity index (χ3n) is 0. The summed E-state index contributed by atoms with van der Waals surface area (Å²) in [5.41, 5.74) is 0. The van der Waals surface area contributed by atoms with E-state index in [1.54, 1.807) is 0 Å². The Hall–Kier alpha value is 0.0431. The van der Waals surface area contributed by atoms with Crippen LogP contribution in [0.25, 0.3) is 0 Å². The molecule has 0 atom stereocenters. The van der Waals surface area contributed by atoms with Gasteiger partial charge in [0.25, 0.3) is 0 Å². The first-order valence-electron chi connectivity index (χ1n) is 0.548. The number of hydrogen-bond acceptors (Lipinski definition) is 3. The first kappa shape index (κ1) is 16.6. The van der Waals surface area contributed by atoms with Crippen molar-refractivity contribution in [2.24, 2.45) is 0 Å². The van der Waals surface area contributed by atoms with Crippen molar-refractivity contribution in [1.29, 1.82) is 0 Å². The van der Waals surface area contributed by atoms with Gasteiger partial charge in [0.1, 0.15) is 0 Å². The molecule has 0 aliphatic heterocycles. The second-order valence-corrected chi connectivity index (χ2v) is 0.224. The monoisotopic (exact) mass is 170 g/mol. The Kier molecular flexibility index (Phi) is 24.6. The molecule has 0 aliphatic rings. The number of nitrogens with zero attached hydrogens (tertiary/aromatic N) is 1. The molecule has 36 valence electrons. The number of rotatable bonds is 0. The summed E-state index contributed by atoms with van der Waals surface area (Å²) in [6, 6.07) is 0. The summed E-state index contributed by atoms with van der Waals surface area (Å²) in [5.74, 6) is 0. The van der Waals surface area contributed by atoms with Crippen LogP contribution in [0.4, 0.5) is 0 Å². The Balaban J connectivity index is -0.0000000450. The average Bonchev–Trinajstić information content (AvgIpc) is 0.811. The van der Waals surface area contributed by atoms with Gasteiger partial charge in [-0.05, 0) is 0 Å². The van der Waals surface area contributed by atoms with Gasteiger partial charge >= 0.3 is 0 Å². The number of quaternary nitrogens is 1. The van der Waals surface area contributed by atoms with Crippen LogP contribution in [0.5, 0.6) is 0 Å². The molecule has 5 nitrogen and oxygen atoms in total. The molecular formula is H4N2O3Zr. The van der Waals surface area contributed by atoms with Crippen LogP contribution in [0.1, 0.15) is 0 Å². The Morgan fingerprint density at radius 1 is 1.33 bits per heavy atom.